The first kappa shape index (κ1) is 26.5. The van der Waals surface area contributed by atoms with Crippen LogP contribution in [0.1, 0.15) is 5.56 Å². The van der Waals surface area contributed by atoms with Crippen molar-refractivity contribution >= 4 is 21.8 Å². The van der Waals surface area contributed by atoms with Gasteiger partial charge in [0.05, 0.1) is 22.3 Å². The summed E-state index contributed by atoms with van der Waals surface area (Å²) in [4.78, 5) is 0. The second-order valence-corrected chi connectivity index (χ2v) is 11.3. The number of hydrogen-bond donors (Lipinski definition) is 0. The number of rotatable bonds is 5. The summed E-state index contributed by atoms with van der Waals surface area (Å²) in [6, 6.07) is 62.0. The Morgan fingerprint density at radius 1 is 0.378 bits per heavy atom. The first-order chi connectivity index (χ1) is 22.3. The molecule has 210 valence electrons. The maximum Gasteiger partial charge on any atom is 0.102 e. The van der Waals surface area contributed by atoms with Crippen LogP contribution in [0.3, 0.4) is 0 Å². The third-order valence-corrected chi connectivity index (χ3v) is 8.64. The maximum absolute atomic E-state index is 10.8. The zero-order valence-electron chi connectivity index (χ0n) is 24.6. The average molecular weight is 573 g/mol. The van der Waals surface area contributed by atoms with Crippen LogP contribution < -0.4 is 0 Å². The molecule has 0 bridgehead atoms. The second-order valence-electron chi connectivity index (χ2n) is 11.3. The molecule has 0 saturated carbocycles. The minimum Gasteiger partial charge on any atom is -0.308 e. The molecule has 0 amide bonds. The van der Waals surface area contributed by atoms with Gasteiger partial charge in [-0.1, -0.05) is 133 Å². The van der Waals surface area contributed by atoms with Crippen LogP contribution in [-0.4, -0.2) is 4.57 Å². The lowest BCUT2D eigenvalue weighted by Crippen LogP contribution is -2.01. The van der Waals surface area contributed by atoms with Crippen molar-refractivity contribution in [1.82, 2.24) is 4.57 Å². The van der Waals surface area contributed by atoms with E-state index < -0.39 is 0 Å². The Balaban J connectivity index is 1.47. The molecule has 2 heteroatoms. The van der Waals surface area contributed by atoms with Gasteiger partial charge in [0.25, 0.3) is 0 Å². The molecule has 7 aromatic carbocycles. The van der Waals surface area contributed by atoms with E-state index in [1.165, 1.54) is 11.1 Å². The summed E-state index contributed by atoms with van der Waals surface area (Å²) in [5.41, 5.74) is 12.5. The topological polar surface area (TPSA) is 28.7 Å². The van der Waals surface area contributed by atoms with Crippen LogP contribution in [0.5, 0.6) is 0 Å². The molecule has 0 spiro atoms. The predicted molar refractivity (Wildman–Crippen MR) is 187 cm³/mol. The average Bonchev–Trinajstić information content (AvgIpc) is 3.45. The predicted octanol–water partition coefficient (Wildman–Crippen LogP) is 11.3. The van der Waals surface area contributed by atoms with Gasteiger partial charge in [-0.2, -0.15) is 5.26 Å². The molecule has 0 saturated heterocycles. The van der Waals surface area contributed by atoms with Crippen molar-refractivity contribution < 1.29 is 0 Å². The number of fused-ring (bicyclic) bond motifs is 3. The highest BCUT2D eigenvalue weighted by Gasteiger charge is 2.20. The lowest BCUT2D eigenvalue weighted by atomic mass is 9.93. The van der Waals surface area contributed by atoms with E-state index in [-0.39, 0.29) is 0 Å². The van der Waals surface area contributed by atoms with E-state index in [9.17, 15) is 5.26 Å². The smallest absolute Gasteiger partial charge is 0.102 e. The largest absolute Gasteiger partial charge is 0.308 e. The number of hydrogen-bond acceptors (Lipinski definition) is 1. The van der Waals surface area contributed by atoms with E-state index in [2.05, 4.69) is 144 Å². The summed E-state index contributed by atoms with van der Waals surface area (Å²) in [5.74, 6) is 0. The molecule has 1 aromatic heterocycles. The van der Waals surface area contributed by atoms with Crippen LogP contribution in [0, 0.1) is 11.3 Å². The van der Waals surface area contributed by atoms with Crippen molar-refractivity contribution in [2.45, 2.75) is 0 Å². The van der Waals surface area contributed by atoms with E-state index in [1.807, 2.05) is 36.4 Å². The van der Waals surface area contributed by atoms with Gasteiger partial charge < -0.3 is 4.57 Å². The van der Waals surface area contributed by atoms with Crippen LogP contribution in [0.2, 0.25) is 0 Å². The molecule has 0 fully saturated rings. The van der Waals surface area contributed by atoms with Crippen LogP contribution in [0.25, 0.3) is 72.0 Å². The summed E-state index contributed by atoms with van der Waals surface area (Å²) in [6.45, 7) is 0. The third kappa shape index (κ3) is 4.68. The quantitative estimate of drug-likeness (QED) is 0.202. The third-order valence-electron chi connectivity index (χ3n) is 8.64. The molecular formula is C43H28N2. The van der Waals surface area contributed by atoms with Crippen LogP contribution >= 0.6 is 0 Å². The highest BCUT2D eigenvalue weighted by molar-refractivity contribution is 6.12. The summed E-state index contributed by atoms with van der Waals surface area (Å²) in [6.07, 6.45) is 0. The maximum atomic E-state index is 10.8. The van der Waals surface area contributed by atoms with Gasteiger partial charge in [0, 0.05) is 16.3 Å². The van der Waals surface area contributed by atoms with Gasteiger partial charge >= 0.3 is 0 Å². The number of aromatic nitrogens is 1. The molecule has 45 heavy (non-hydrogen) atoms. The Kier molecular flexibility index (Phi) is 6.56. The zero-order chi connectivity index (χ0) is 30.2. The molecule has 1 heterocycles. The SMILES string of the molecule is N#Cc1c(-c2ccccc2)cc(-c2ccccc2)cc1-n1c2ccc(-c3ccccc3)cc2c2cc(-c3ccccc3)ccc21. The standard InChI is InChI=1S/C43H28N2/c44-29-40-37(33-19-11-4-12-20-33)27-36(32-17-9-3-10-18-32)28-43(40)45-41-23-21-34(30-13-5-1-6-14-30)25-38(41)39-26-35(22-24-42(39)45)31-15-7-2-8-16-31/h1-28H. The lowest BCUT2D eigenvalue weighted by Gasteiger charge is -2.17. The van der Waals surface area contributed by atoms with Gasteiger partial charge in [-0.3, -0.25) is 0 Å². The molecule has 0 aliphatic heterocycles. The zero-order valence-corrected chi connectivity index (χ0v) is 24.6. The molecule has 2 nitrogen and oxygen atoms in total. The molecule has 0 aliphatic carbocycles. The molecule has 8 rings (SSSR count). The first-order valence-electron chi connectivity index (χ1n) is 15.2. The number of benzene rings is 7. The summed E-state index contributed by atoms with van der Waals surface area (Å²) < 4.78 is 2.28. The Hall–Kier alpha value is -6.17. The number of nitriles is 1. The van der Waals surface area contributed by atoms with E-state index in [0.29, 0.717) is 5.56 Å². The summed E-state index contributed by atoms with van der Waals surface area (Å²) in [7, 11) is 0. The summed E-state index contributed by atoms with van der Waals surface area (Å²) in [5, 5.41) is 13.1. The minimum absolute atomic E-state index is 0.652. The highest BCUT2D eigenvalue weighted by Crippen LogP contribution is 2.41. The second kappa shape index (κ2) is 11.2. The molecule has 0 unspecified atom stereocenters. The van der Waals surface area contributed by atoms with E-state index >= 15 is 0 Å². The highest BCUT2D eigenvalue weighted by atomic mass is 15.0. The van der Waals surface area contributed by atoms with Crippen LogP contribution in [-0.2, 0) is 0 Å². The van der Waals surface area contributed by atoms with Gasteiger partial charge in [0.2, 0.25) is 0 Å². The molecule has 0 atom stereocenters. The Morgan fingerprint density at radius 2 is 0.800 bits per heavy atom. The minimum atomic E-state index is 0.652. The van der Waals surface area contributed by atoms with Gasteiger partial charge in [0.15, 0.2) is 0 Å². The first-order valence-corrected chi connectivity index (χ1v) is 15.2. The van der Waals surface area contributed by atoms with E-state index in [0.717, 1.165) is 60.9 Å². The Morgan fingerprint density at radius 3 is 1.24 bits per heavy atom. The van der Waals surface area contributed by atoms with Crippen molar-refractivity contribution in [1.29, 1.82) is 5.26 Å². The molecule has 0 radical (unpaired) electrons. The fraction of sp³-hybridized carbons (Fsp3) is 0. The van der Waals surface area contributed by atoms with Crippen LogP contribution in [0.4, 0.5) is 0 Å². The normalized spacial score (nSPS) is 11.1. The van der Waals surface area contributed by atoms with Gasteiger partial charge in [0.1, 0.15) is 6.07 Å². The lowest BCUT2D eigenvalue weighted by molar-refractivity contribution is 1.17. The van der Waals surface area contributed by atoms with E-state index in [1.54, 1.807) is 0 Å². The van der Waals surface area contributed by atoms with Crippen molar-refractivity contribution in [3.05, 3.63) is 175 Å². The Bertz CT molecular complexity index is 2250. The van der Waals surface area contributed by atoms with E-state index in [4.69, 9.17) is 0 Å². The fourth-order valence-electron chi connectivity index (χ4n) is 6.47. The molecule has 8 aromatic rings. The summed E-state index contributed by atoms with van der Waals surface area (Å²) >= 11 is 0. The molecular weight excluding hydrogens is 544 g/mol. The van der Waals surface area contributed by atoms with Crippen molar-refractivity contribution in [3.63, 3.8) is 0 Å². The molecule has 0 aliphatic rings. The van der Waals surface area contributed by atoms with Crippen LogP contribution in [0.15, 0.2) is 170 Å². The van der Waals surface area contributed by atoms with Gasteiger partial charge in [-0.25, -0.2) is 0 Å². The monoisotopic (exact) mass is 572 g/mol. The fourth-order valence-corrected chi connectivity index (χ4v) is 6.47. The van der Waals surface area contributed by atoms with Gasteiger partial charge in [-0.15, -0.1) is 0 Å². The van der Waals surface area contributed by atoms with Crippen molar-refractivity contribution in [2.24, 2.45) is 0 Å². The van der Waals surface area contributed by atoms with Crippen molar-refractivity contribution in [2.75, 3.05) is 0 Å². The number of nitrogens with zero attached hydrogens (tertiary/aromatic N) is 2. The van der Waals surface area contributed by atoms with Crippen molar-refractivity contribution in [3.8, 4) is 56.3 Å². The van der Waals surface area contributed by atoms with Gasteiger partial charge in [-0.05, 0) is 75.3 Å². The Labute approximate surface area is 262 Å². The molecule has 0 N–H and O–H groups in total.